The Morgan fingerprint density at radius 2 is 0.867 bits per heavy atom. The largest absolute Gasteiger partial charge is 0.435 e. The molecule has 0 saturated heterocycles. The van der Waals surface area contributed by atoms with Crippen LogP contribution in [0.2, 0.25) is 0 Å². The van der Waals surface area contributed by atoms with Crippen molar-refractivity contribution in [2.75, 3.05) is 6.16 Å². The van der Waals surface area contributed by atoms with E-state index in [-0.39, 0.29) is 5.97 Å². The topological polar surface area (TPSA) is 26.3 Å². The molecule has 4 rings (SSSR count). The van der Waals surface area contributed by atoms with E-state index >= 15 is 0 Å². The molecule has 4 aromatic rings. The molecule has 0 aliphatic rings. The lowest BCUT2D eigenvalue weighted by Gasteiger charge is -2.21. The van der Waals surface area contributed by atoms with Gasteiger partial charge in [0.2, 0.25) is 0 Å². The SMILES string of the molecule is O=C(CP(c1ccccc1)c1ccccc1)OP(c1ccccc1)c1ccccc1. The predicted octanol–water partition coefficient (Wildman–Crippen LogP) is 4.71. The minimum Gasteiger partial charge on any atom is -0.435 e. The number of hydrogen-bond acceptors (Lipinski definition) is 2. The predicted molar refractivity (Wildman–Crippen MR) is 129 cm³/mol. The number of rotatable bonds is 7. The second kappa shape index (κ2) is 10.3. The van der Waals surface area contributed by atoms with E-state index in [1.54, 1.807) is 0 Å². The molecular formula is C26H22O2P2. The summed E-state index contributed by atoms with van der Waals surface area (Å²) >= 11 is 0. The van der Waals surface area contributed by atoms with Gasteiger partial charge in [-0.15, -0.1) is 0 Å². The minimum atomic E-state index is -1.20. The summed E-state index contributed by atoms with van der Waals surface area (Å²) in [6, 6.07) is 40.6. The van der Waals surface area contributed by atoms with Gasteiger partial charge in [0.15, 0.2) is 8.15 Å². The highest BCUT2D eigenvalue weighted by Crippen LogP contribution is 2.39. The summed E-state index contributed by atoms with van der Waals surface area (Å²) in [6.07, 6.45) is 0.363. The monoisotopic (exact) mass is 428 g/mol. The zero-order valence-corrected chi connectivity index (χ0v) is 18.3. The van der Waals surface area contributed by atoms with Crippen molar-refractivity contribution < 1.29 is 9.32 Å². The lowest BCUT2D eigenvalue weighted by molar-refractivity contribution is -0.130. The smallest absolute Gasteiger partial charge is 0.314 e. The van der Waals surface area contributed by atoms with E-state index in [1.807, 2.05) is 97.1 Å². The average molecular weight is 428 g/mol. The molecule has 0 aliphatic heterocycles. The molecule has 2 nitrogen and oxygen atoms in total. The van der Waals surface area contributed by atoms with Gasteiger partial charge in [-0.3, -0.25) is 4.79 Å². The summed E-state index contributed by atoms with van der Waals surface area (Å²) in [4.78, 5) is 13.2. The van der Waals surface area contributed by atoms with Gasteiger partial charge in [-0.25, -0.2) is 0 Å². The zero-order chi connectivity index (χ0) is 20.6. The van der Waals surface area contributed by atoms with Crippen molar-refractivity contribution in [2.45, 2.75) is 0 Å². The van der Waals surface area contributed by atoms with Crippen LogP contribution < -0.4 is 21.2 Å². The van der Waals surface area contributed by atoms with Crippen LogP contribution in [0, 0.1) is 0 Å². The number of benzene rings is 4. The Labute approximate surface area is 180 Å². The Bertz CT molecular complexity index is 889. The summed E-state index contributed by atoms with van der Waals surface area (Å²) in [5.74, 6) is -0.160. The van der Waals surface area contributed by atoms with Crippen LogP contribution in [-0.4, -0.2) is 12.1 Å². The normalized spacial score (nSPS) is 10.9. The fourth-order valence-electron chi connectivity index (χ4n) is 3.19. The van der Waals surface area contributed by atoms with Crippen LogP contribution in [0.4, 0.5) is 0 Å². The maximum Gasteiger partial charge on any atom is 0.314 e. The Kier molecular flexibility index (Phi) is 7.03. The summed E-state index contributed by atoms with van der Waals surface area (Å²) in [7, 11) is -2.02. The van der Waals surface area contributed by atoms with E-state index in [0.717, 1.165) is 10.6 Å². The molecule has 4 heteroatoms. The number of carbonyl (C=O) groups is 1. The molecule has 0 heterocycles. The number of hydrogen-bond donors (Lipinski definition) is 0. The van der Waals surface area contributed by atoms with Gasteiger partial charge in [0.1, 0.15) is 0 Å². The van der Waals surface area contributed by atoms with E-state index in [2.05, 4.69) is 24.3 Å². The van der Waals surface area contributed by atoms with Crippen molar-refractivity contribution in [3.05, 3.63) is 121 Å². The quantitative estimate of drug-likeness (QED) is 0.399. The highest BCUT2D eigenvalue weighted by molar-refractivity contribution is 7.74. The van der Waals surface area contributed by atoms with Gasteiger partial charge < -0.3 is 4.52 Å². The second-order valence-corrected chi connectivity index (χ2v) is 10.7. The fraction of sp³-hybridized carbons (Fsp3) is 0.0385. The Morgan fingerprint density at radius 1 is 0.533 bits per heavy atom. The van der Waals surface area contributed by atoms with Crippen LogP contribution in [0.5, 0.6) is 0 Å². The highest BCUT2D eigenvalue weighted by atomic mass is 31.1. The van der Waals surface area contributed by atoms with Gasteiger partial charge >= 0.3 is 5.97 Å². The lowest BCUT2D eigenvalue weighted by Crippen LogP contribution is -2.22. The molecule has 0 unspecified atom stereocenters. The molecule has 0 saturated carbocycles. The van der Waals surface area contributed by atoms with Crippen LogP contribution >= 0.6 is 16.1 Å². The molecule has 30 heavy (non-hydrogen) atoms. The van der Waals surface area contributed by atoms with E-state index < -0.39 is 16.1 Å². The first-order valence-electron chi connectivity index (χ1n) is 9.80. The average Bonchev–Trinajstić information content (AvgIpc) is 2.83. The molecule has 0 aliphatic carbocycles. The first kappa shape index (κ1) is 20.5. The summed E-state index contributed by atoms with van der Waals surface area (Å²) < 4.78 is 6.14. The van der Waals surface area contributed by atoms with Gasteiger partial charge in [0.05, 0.1) is 6.16 Å². The van der Waals surface area contributed by atoms with Gasteiger partial charge in [-0.2, -0.15) is 0 Å². The molecule has 148 valence electrons. The van der Waals surface area contributed by atoms with E-state index in [1.165, 1.54) is 10.6 Å². The van der Waals surface area contributed by atoms with Crippen LogP contribution in [0.25, 0.3) is 0 Å². The molecular weight excluding hydrogens is 406 g/mol. The maximum absolute atomic E-state index is 13.2. The molecule has 4 aromatic carbocycles. The molecule has 0 amide bonds. The zero-order valence-electron chi connectivity index (χ0n) is 16.5. The maximum atomic E-state index is 13.2. The van der Waals surface area contributed by atoms with Gasteiger partial charge in [0.25, 0.3) is 0 Å². The van der Waals surface area contributed by atoms with Crippen molar-refractivity contribution in [2.24, 2.45) is 0 Å². The van der Waals surface area contributed by atoms with E-state index in [0.29, 0.717) is 6.16 Å². The van der Waals surface area contributed by atoms with Crippen molar-refractivity contribution in [1.29, 1.82) is 0 Å². The fourth-order valence-corrected chi connectivity index (χ4v) is 7.00. The molecule has 0 spiro atoms. The number of carbonyl (C=O) groups excluding carboxylic acids is 1. The van der Waals surface area contributed by atoms with Crippen LogP contribution in [0.1, 0.15) is 0 Å². The van der Waals surface area contributed by atoms with E-state index in [4.69, 9.17) is 4.52 Å². The Balaban J connectivity index is 1.60. The Hall–Kier alpha value is -2.79. The van der Waals surface area contributed by atoms with Crippen molar-refractivity contribution >= 4 is 43.3 Å². The van der Waals surface area contributed by atoms with Crippen molar-refractivity contribution in [3.63, 3.8) is 0 Å². The minimum absolute atomic E-state index is 0.160. The highest BCUT2D eigenvalue weighted by Gasteiger charge is 2.24. The van der Waals surface area contributed by atoms with Crippen LogP contribution in [-0.2, 0) is 9.32 Å². The third-order valence-electron chi connectivity index (χ3n) is 4.60. The summed E-state index contributed by atoms with van der Waals surface area (Å²) in [5, 5.41) is 4.44. The molecule has 0 radical (unpaired) electrons. The standard InChI is InChI=1S/C26H22O2P2/c27-26(21-29(22-13-5-1-6-14-22)23-15-7-2-8-16-23)28-30(24-17-9-3-10-18-24)25-19-11-4-12-20-25/h1-20H,21H2. The Morgan fingerprint density at radius 3 is 1.23 bits per heavy atom. The van der Waals surface area contributed by atoms with Crippen molar-refractivity contribution in [1.82, 2.24) is 0 Å². The molecule has 0 bridgehead atoms. The van der Waals surface area contributed by atoms with E-state index in [9.17, 15) is 4.79 Å². The third-order valence-corrected chi connectivity index (χ3v) is 8.94. The molecule has 0 atom stereocenters. The molecule has 0 N–H and O–H groups in total. The van der Waals surface area contributed by atoms with Crippen LogP contribution in [0.3, 0.4) is 0 Å². The first-order valence-corrected chi connectivity index (χ1v) is 12.6. The van der Waals surface area contributed by atoms with Crippen LogP contribution in [0.15, 0.2) is 121 Å². The summed E-state index contributed by atoms with van der Waals surface area (Å²) in [5.41, 5.74) is 0. The van der Waals surface area contributed by atoms with Gasteiger partial charge in [0, 0.05) is 10.6 Å². The van der Waals surface area contributed by atoms with Crippen molar-refractivity contribution in [3.8, 4) is 0 Å². The first-order chi connectivity index (χ1) is 14.8. The van der Waals surface area contributed by atoms with Gasteiger partial charge in [-0.05, 0) is 18.5 Å². The summed E-state index contributed by atoms with van der Waals surface area (Å²) in [6.45, 7) is 0. The third kappa shape index (κ3) is 5.22. The molecule has 0 fully saturated rings. The second-order valence-electron chi connectivity index (χ2n) is 6.69. The van der Waals surface area contributed by atoms with Gasteiger partial charge in [-0.1, -0.05) is 121 Å². The lowest BCUT2D eigenvalue weighted by atomic mass is 10.4. The molecule has 0 aromatic heterocycles.